The molecule has 2 aliphatic rings. The number of carbonyl (C=O) groups excluding carboxylic acids is 4. The lowest BCUT2D eigenvalue weighted by atomic mass is 10.1. The Balaban J connectivity index is 1.42. The van der Waals surface area contributed by atoms with Gasteiger partial charge in [0.25, 0.3) is 5.91 Å². The lowest BCUT2D eigenvalue weighted by Crippen LogP contribution is -2.70. The van der Waals surface area contributed by atoms with Crippen LogP contribution < -0.4 is 4.74 Å². The Morgan fingerprint density at radius 2 is 1.43 bits per heavy atom. The van der Waals surface area contributed by atoms with Gasteiger partial charge in [-0.15, -0.1) is 0 Å². The highest BCUT2D eigenvalue weighted by atomic mass is 32.2. The number of nitrogens with zero attached hydrogens (tertiary/aromatic N) is 1. The van der Waals surface area contributed by atoms with Crippen LogP contribution in [0.1, 0.15) is 28.4 Å². The molecule has 40 heavy (non-hydrogen) atoms. The molecule has 0 aromatic heterocycles. The second-order valence-corrected chi connectivity index (χ2v) is 11.1. The lowest BCUT2D eigenvalue weighted by Gasteiger charge is -2.48. The third-order valence-corrected chi connectivity index (χ3v) is 8.24. The molecule has 13 heteroatoms. The summed E-state index contributed by atoms with van der Waals surface area (Å²) in [5.41, 5.74) is 1.22. The van der Waals surface area contributed by atoms with Crippen molar-refractivity contribution in [2.75, 3.05) is 26.6 Å². The van der Waals surface area contributed by atoms with Crippen molar-refractivity contribution in [1.29, 1.82) is 0 Å². The molecule has 0 radical (unpaired) electrons. The number of hydrogen-bond donors (Lipinski definition) is 0. The number of carbonyl (C=O) groups is 4. The molecule has 0 spiro atoms. The molecule has 212 valence electrons. The summed E-state index contributed by atoms with van der Waals surface area (Å²) in [5, 5.41) is -1.38. The predicted molar refractivity (Wildman–Crippen MR) is 137 cm³/mol. The molecule has 0 aliphatic carbocycles. The van der Waals surface area contributed by atoms with E-state index in [2.05, 4.69) is 0 Å². The summed E-state index contributed by atoms with van der Waals surface area (Å²) in [4.78, 5) is 50.2. The fourth-order valence-corrected chi connectivity index (χ4v) is 6.27. The van der Waals surface area contributed by atoms with Gasteiger partial charge in [0, 0.05) is 19.6 Å². The second-order valence-electron chi connectivity index (χ2n) is 8.99. The quantitative estimate of drug-likeness (QED) is 0.231. The van der Waals surface area contributed by atoms with Crippen LogP contribution in [0.25, 0.3) is 0 Å². The zero-order valence-corrected chi connectivity index (χ0v) is 22.8. The minimum Gasteiger partial charge on any atom is -0.497 e. The number of benzene rings is 2. The van der Waals surface area contributed by atoms with Gasteiger partial charge in [0.2, 0.25) is 0 Å². The van der Waals surface area contributed by atoms with Crippen molar-refractivity contribution in [2.24, 2.45) is 0 Å². The fraction of sp³-hybridized carbons (Fsp3) is 0.333. The van der Waals surface area contributed by atoms with Crippen molar-refractivity contribution in [3.63, 3.8) is 0 Å². The van der Waals surface area contributed by atoms with Gasteiger partial charge in [-0.2, -0.15) is 0 Å². The molecule has 2 aromatic carbocycles. The molecule has 1 amide bonds. The summed E-state index contributed by atoms with van der Waals surface area (Å²) in [6, 6.07) is 13.2. The largest absolute Gasteiger partial charge is 0.497 e. The van der Waals surface area contributed by atoms with Gasteiger partial charge in [0.1, 0.15) is 31.3 Å². The maximum atomic E-state index is 13.1. The van der Waals surface area contributed by atoms with Crippen LogP contribution in [-0.4, -0.2) is 75.2 Å². The molecule has 0 saturated carbocycles. The highest BCUT2D eigenvalue weighted by Crippen LogP contribution is 2.38. The normalized spacial score (nSPS) is 19.3. The summed E-state index contributed by atoms with van der Waals surface area (Å²) in [6.07, 6.45) is -1.25. The van der Waals surface area contributed by atoms with Crippen molar-refractivity contribution < 1.29 is 51.3 Å². The fourth-order valence-electron chi connectivity index (χ4n) is 4.26. The predicted octanol–water partition coefficient (Wildman–Crippen LogP) is 1.52. The van der Waals surface area contributed by atoms with Gasteiger partial charge in [0.05, 0.1) is 18.4 Å². The highest BCUT2D eigenvalue weighted by molar-refractivity contribution is 7.92. The number of ether oxygens (including phenoxy) is 5. The van der Waals surface area contributed by atoms with Crippen molar-refractivity contribution in [2.45, 2.75) is 31.6 Å². The van der Waals surface area contributed by atoms with Crippen LogP contribution in [0.2, 0.25) is 0 Å². The summed E-state index contributed by atoms with van der Waals surface area (Å²) in [5.74, 6) is -2.84. The summed E-state index contributed by atoms with van der Waals surface area (Å²) >= 11 is 0. The first kappa shape index (κ1) is 28.8. The first-order chi connectivity index (χ1) is 19.1. The first-order valence-corrected chi connectivity index (χ1v) is 13.8. The summed E-state index contributed by atoms with van der Waals surface area (Å²) in [7, 11) is -1.16. The molecule has 2 unspecified atom stereocenters. The molecular weight excluding hydrogens is 546 g/mol. The van der Waals surface area contributed by atoms with E-state index in [1.165, 1.54) is 19.2 Å². The van der Waals surface area contributed by atoms with Crippen LogP contribution >= 0.6 is 0 Å². The minimum atomic E-state index is -3.91. The Hall–Kier alpha value is -4.23. The van der Waals surface area contributed by atoms with Crippen LogP contribution in [0.15, 0.2) is 59.8 Å². The Morgan fingerprint density at radius 1 is 0.850 bits per heavy atom. The maximum Gasteiger partial charge on any atom is 0.355 e. The van der Waals surface area contributed by atoms with Gasteiger partial charge >= 0.3 is 17.9 Å². The molecule has 2 aliphatic heterocycles. The van der Waals surface area contributed by atoms with E-state index in [4.69, 9.17) is 23.7 Å². The van der Waals surface area contributed by atoms with Gasteiger partial charge in [-0.05, 0) is 35.4 Å². The van der Waals surface area contributed by atoms with Gasteiger partial charge < -0.3 is 23.7 Å². The number of hydrogen-bond acceptors (Lipinski definition) is 11. The van der Waals surface area contributed by atoms with E-state index < -0.39 is 57.5 Å². The molecule has 0 N–H and O–H groups in total. The van der Waals surface area contributed by atoms with Crippen LogP contribution in [0, 0.1) is 0 Å². The smallest absolute Gasteiger partial charge is 0.355 e. The van der Waals surface area contributed by atoms with E-state index in [1.807, 2.05) is 0 Å². The van der Waals surface area contributed by atoms with Crippen LogP contribution in [0.4, 0.5) is 0 Å². The van der Waals surface area contributed by atoms with E-state index in [0.717, 1.165) is 17.4 Å². The monoisotopic (exact) mass is 573 g/mol. The van der Waals surface area contributed by atoms with Gasteiger partial charge in [-0.3, -0.25) is 14.5 Å². The standard InChI is InChI=1S/C27H27NO11S/c1-16(29)37-14-20-15-40(33,34)25-23(36-3)24(30)28(25)22(20)27(32)39-13-17-4-8-19(9-5-17)26(31)38-12-18-6-10-21(35-2)11-7-18/h4-11,23,25H,12-15H2,1-3H3. The number of β-lactam (4-membered cyclic amide) rings is 1. The Bertz CT molecular complexity index is 1450. The minimum absolute atomic E-state index is 0.0723. The second kappa shape index (κ2) is 11.9. The third-order valence-electron chi connectivity index (χ3n) is 6.30. The SMILES string of the molecule is COc1ccc(COC(=O)c2ccc(COC(=O)C3=C(COC(C)=O)CS(=O)(=O)C4C(OC)C(=O)N34)cc2)cc1. The number of esters is 3. The Kier molecular flexibility index (Phi) is 8.55. The van der Waals surface area contributed by atoms with Gasteiger partial charge in [-0.1, -0.05) is 24.3 Å². The zero-order valence-electron chi connectivity index (χ0n) is 21.9. The molecule has 2 atom stereocenters. The van der Waals surface area contributed by atoms with E-state index >= 15 is 0 Å². The average Bonchev–Trinajstić information content (AvgIpc) is 2.94. The van der Waals surface area contributed by atoms with E-state index in [9.17, 15) is 27.6 Å². The van der Waals surface area contributed by atoms with Crippen LogP contribution in [-0.2, 0) is 56.4 Å². The lowest BCUT2D eigenvalue weighted by molar-refractivity contribution is -0.164. The van der Waals surface area contributed by atoms with Crippen molar-refractivity contribution in [1.82, 2.24) is 4.90 Å². The highest BCUT2D eigenvalue weighted by Gasteiger charge is 2.60. The van der Waals surface area contributed by atoms with Crippen molar-refractivity contribution in [3.8, 4) is 5.75 Å². The average molecular weight is 574 g/mol. The maximum absolute atomic E-state index is 13.1. The molecule has 0 bridgehead atoms. The van der Waals surface area contributed by atoms with Gasteiger partial charge in [0.15, 0.2) is 21.3 Å². The van der Waals surface area contributed by atoms with E-state index in [1.54, 1.807) is 43.5 Å². The molecule has 4 rings (SSSR count). The number of methoxy groups -OCH3 is 2. The number of sulfone groups is 1. The third kappa shape index (κ3) is 6.00. The Labute approximate surface area is 230 Å². The topological polar surface area (TPSA) is 152 Å². The summed E-state index contributed by atoms with van der Waals surface area (Å²) < 4.78 is 51.2. The molecular formula is C27H27NO11S. The van der Waals surface area contributed by atoms with Crippen LogP contribution in [0.5, 0.6) is 5.75 Å². The zero-order chi connectivity index (χ0) is 29.0. The van der Waals surface area contributed by atoms with Crippen molar-refractivity contribution >= 4 is 33.7 Å². The molecule has 2 heterocycles. The number of rotatable bonds is 10. The van der Waals surface area contributed by atoms with Gasteiger partial charge in [-0.25, -0.2) is 18.0 Å². The van der Waals surface area contributed by atoms with Crippen molar-refractivity contribution in [3.05, 3.63) is 76.5 Å². The first-order valence-electron chi connectivity index (χ1n) is 12.0. The Morgan fingerprint density at radius 3 is 1.98 bits per heavy atom. The van der Waals surface area contributed by atoms with E-state index in [-0.39, 0.29) is 30.0 Å². The molecule has 1 fully saturated rings. The molecule has 1 saturated heterocycles. The number of fused-ring (bicyclic) bond motifs is 1. The van der Waals surface area contributed by atoms with E-state index in [0.29, 0.717) is 11.3 Å². The number of amides is 1. The molecule has 12 nitrogen and oxygen atoms in total. The van der Waals surface area contributed by atoms with Crippen LogP contribution in [0.3, 0.4) is 0 Å². The molecule has 2 aromatic rings. The summed E-state index contributed by atoms with van der Waals surface area (Å²) in [6.45, 7) is 0.466.